The molecule has 1 heteroatoms. The van der Waals surface area contributed by atoms with Gasteiger partial charge in [0.05, 0.1) is 6.10 Å². The Hall–Kier alpha value is -0.560. The van der Waals surface area contributed by atoms with Crippen LogP contribution in [-0.2, 0) is 0 Å². The lowest BCUT2D eigenvalue weighted by Crippen LogP contribution is -2.27. The zero-order valence-corrected chi connectivity index (χ0v) is 8.40. The van der Waals surface area contributed by atoms with Crippen LogP contribution in [0.25, 0.3) is 0 Å². The topological polar surface area (TPSA) is 20.2 Å². The van der Waals surface area contributed by atoms with Crippen molar-refractivity contribution < 1.29 is 5.11 Å². The summed E-state index contributed by atoms with van der Waals surface area (Å²) < 4.78 is 0. The van der Waals surface area contributed by atoms with Crippen LogP contribution in [0.15, 0.2) is 23.8 Å². The minimum Gasteiger partial charge on any atom is -0.389 e. The number of rotatable bonds is 0. The third-order valence-electron chi connectivity index (χ3n) is 3.64. The van der Waals surface area contributed by atoms with Crippen LogP contribution in [-0.4, -0.2) is 11.2 Å². The van der Waals surface area contributed by atoms with Gasteiger partial charge >= 0.3 is 0 Å². The molecule has 13 heavy (non-hydrogen) atoms. The molecule has 0 bridgehead atoms. The van der Waals surface area contributed by atoms with Gasteiger partial charge < -0.3 is 5.11 Å². The molecule has 0 spiro atoms. The number of allylic oxidation sites excluding steroid dienone is 3. The molecule has 0 fully saturated rings. The second kappa shape index (κ2) is 3.30. The third kappa shape index (κ3) is 1.58. The predicted molar refractivity (Wildman–Crippen MR) is 54.3 cm³/mol. The summed E-state index contributed by atoms with van der Waals surface area (Å²) in [7, 11) is 0. The Kier molecular flexibility index (Phi) is 2.29. The lowest BCUT2D eigenvalue weighted by Gasteiger charge is -2.35. The highest BCUT2D eigenvalue weighted by Crippen LogP contribution is 2.39. The molecule has 2 rings (SSSR count). The Morgan fingerprint density at radius 3 is 2.85 bits per heavy atom. The van der Waals surface area contributed by atoms with Crippen molar-refractivity contribution in [2.45, 2.75) is 32.8 Å². The first-order valence-corrected chi connectivity index (χ1v) is 5.26. The van der Waals surface area contributed by atoms with Crippen molar-refractivity contribution in [3.63, 3.8) is 0 Å². The van der Waals surface area contributed by atoms with Crippen molar-refractivity contribution in [3.8, 4) is 0 Å². The largest absolute Gasteiger partial charge is 0.389 e. The van der Waals surface area contributed by atoms with Gasteiger partial charge in [0.1, 0.15) is 0 Å². The molecule has 0 amide bonds. The molecule has 72 valence electrons. The van der Waals surface area contributed by atoms with E-state index in [2.05, 4.69) is 26.0 Å². The van der Waals surface area contributed by atoms with E-state index in [0.29, 0.717) is 11.8 Å². The molecule has 0 saturated carbocycles. The molecule has 2 aliphatic rings. The minimum atomic E-state index is -0.198. The van der Waals surface area contributed by atoms with Crippen LogP contribution in [0.5, 0.6) is 0 Å². The molecule has 0 aliphatic heterocycles. The van der Waals surface area contributed by atoms with Crippen LogP contribution in [0.1, 0.15) is 26.7 Å². The Morgan fingerprint density at radius 2 is 2.08 bits per heavy atom. The van der Waals surface area contributed by atoms with E-state index in [9.17, 15) is 5.11 Å². The van der Waals surface area contributed by atoms with E-state index < -0.39 is 0 Å². The first kappa shape index (κ1) is 9.01. The summed E-state index contributed by atoms with van der Waals surface area (Å²) in [6, 6.07) is 0. The van der Waals surface area contributed by atoms with Gasteiger partial charge in [0, 0.05) is 0 Å². The quantitative estimate of drug-likeness (QED) is 0.604. The van der Waals surface area contributed by atoms with Gasteiger partial charge in [-0.05, 0) is 36.2 Å². The molecule has 3 unspecified atom stereocenters. The maximum Gasteiger partial charge on any atom is 0.0726 e. The Bertz CT molecular complexity index is 252. The predicted octanol–water partition coefficient (Wildman–Crippen LogP) is 2.53. The first-order chi connectivity index (χ1) is 6.18. The fraction of sp³-hybridized carbons (Fsp3) is 0.667. The number of fused-ring (bicyclic) bond motifs is 1. The number of hydrogen-bond donors (Lipinski definition) is 1. The van der Waals surface area contributed by atoms with Gasteiger partial charge in [0.25, 0.3) is 0 Å². The SMILES string of the molecule is CC1C2CCC(O)C=C2C=C[C@H]1C. The first-order valence-electron chi connectivity index (χ1n) is 5.26. The molecule has 0 heterocycles. The Balaban J connectivity index is 2.27. The normalized spacial score (nSPS) is 44.1. The summed E-state index contributed by atoms with van der Waals surface area (Å²) in [5.41, 5.74) is 1.37. The monoisotopic (exact) mass is 178 g/mol. The van der Waals surface area contributed by atoms with E-state index in [-0.39, 0.29) is 6.10 Å². The van der Waals surface area contributed by atoms with Crippen LogP contribution in [0.4, 0.5) is 0 Å². The smallest absolute Gasteiger partial charge is 0.0726 e. The fourth-order valence-electron chi connectivity index (χ4n) is 2.50. The van der Waals surface area contributed by atoms with Gasteiger partial charge in [-0.1, -0.05) is 32.1 Å². The second-order valence-corrected chi connectivity index (χ2v) is 4.50. The summed E-state index contributed by atoms with van der Waals surface area (Å²) in [6.07, 6.45) is 8.41. The lowest BCUT2D eigenvalue weighted by molar-refractivity contribution is 0.174. The standard InChI is InChI=1S/C12H18O/c1-8-3-4-10-7-11(13)5-6-12(10)9(8)2/h3-4,7-9,11-13H,5-6H2,1-2H3/t8-,9?,11?,12?/m1/s1. The van der Waals surface area contributed by atoms with E-state index in [0.717, 1.165) is 18.8 Å². The fourth-order valence-corrected chi connectivity index (χ4v) is 2.50. The average molecular weight is 178 g/mol. The third-order valence-corrected chi connectivity index (χ3v) is 3.64. The zero-order valence-electron chi connectivity index (χ0n) is 8.40. The summed E-state index contributed by atoms with van der Waals surface area (Å²) in [6.45, 7) is 4.60. The van der Waals surface area contributed by atoms with Crippen molar-refractivity contribution in [3.05, 3.63) is 23.8 Å². The molecular weight excluding hydrogens is 160 g/mol. The summed E-state index contributed by atoms with van der Waals surface area (Å²) in [5.74, 6) is 2.13. The number of hydrogen-bond acceptors (Lipinski definition) is 1. The van der Waals surface area contributed by atoms with E-state index in [1.807, 2.05) is 6.08 Å². The highest BCUT2D eigenvalue weighted by Gasteiger charge is 2.30. The van der Waals surface area contributed by atoms with Gasteiger partial charge in [-0.15, -0.1) is 0 Å². The highest BCUT2D eigenvalue weighted by atomic mass is 16.3. The van der Waals surface area contributed by atoms with E-state index in [4.69, 9.17) is 0 Å². The molecule has 0 aromatic heterocycles. The number of aliphatic hydroxyl groups excluding tert-OH is 1. The maximum absolute atomic E-state index is 9.49. The molecule has 1 N–H and O–H groups in total. The average Bonchev–Trinajstić information content (AvgIpc) is 2.12. The molecule has 0 aromatic carbocycles. The molecule has 0 saturated heterocycles. The van der Waals surface area contributed by atoms with Crippen molar-refractivity contribution in [2.75, 3.05) is 0 Å². The van der Waals surface area contributed by atoms with Crippen molar-refractivity contribution >= 4 is 0 Å². The van der Waals surface area contributed by atoms with Crippen molar-refractivity contribution in [1.29, 1.82) is 0 Å². The van der Waals surface area contributed by atoms with Gasteiger partial charge in [0.15, 0.2) is 0 Å². The number of aliphatic hydroxyl groups is 1. The van der Waals surface area contributed by atoms with Crippen LogP contribution >= 0.6 is 0 Å². The van der Waals surface area contributed by atoms with E-state index in [1.54, 1.807) is 0 Å². The van der Waals surface area contributed by atoms with E-state index in [1.165, 1.54) is 5.57 Å². The highest BCUT2D eigenvalue weighted by molar-refractivity contribution is 5.29. The molecular formula is C12H18O. The molecule has 2 aliphatic carbocycles. The maximum atomic E-state index is 9.49. The van der Waals surface area contributed by atoms with Crippen molar-refractivity contribution in [2.24, 2.45) is 17.8 Å². The van der Waals surface area contributed by atoms with Crippen LogP contribution < -0.4 is 0 Å². The Labute approximate surface area is 80.2 Å². The van der Waals surface area contributed by atoms with Crippen LogP contribution in [0.2, 0.25) is 0 Å². The summed E-state index contributed by atoms with van der Waals surface area (Å²) >= 11 is 0. The van der Waals surface area contributed by atoms with Crippen LogP contribution in [0.3, 0.4) is 0 Å². The molecule has 0 radical (unpaired) electrons. The van der Waals surface area contributed by atoms with Gasteiger partial charge in [-0.3, -0.25) is 0 Å². The summed E-state index contributed by atoms with van der Waals surface area (Å²) in [4.78, 5) is 0. The van der Waals surface area contributed by atoms with Gasteiger partial charge in [-0.2, -0.15) is 0 Å². The van der Waals surface area contributed by atoms with E-state index >= 15 is 0 Å². The molecule has 4 atom stereocenters. The van der Waals surface area contributed by atoms with Gasteiger partial charge in [0.2, 0.25) is 0 Å². The summed E-state index contributed by atoms with van der Waals surface area (Å²) in [5, 5.41) is 9.49. The molecule has 0 aromatic rings. The Morgan fingerprint density at radius 1 is 1.31 bits per heavy atom. The minimum absolute atomic E-state index is 0.198. The van der Waals surface area contributed by atoms with Crippen LogP contribution in [0, 0.1) is 17.8 Å². The van der Waals surface area contributed by atoms with Gasteiger partial charge in [-0.25, -0.2) is 0 Å². The lowest BCUT2D eigenvalue weighted by atomic mass is 9.70. The zero-order chi connectivity index (χ0) is 9.42. The van der Waals surface area contributed by atoms with Crippen molar-refractivity contribution in [1.82, 2.24) is 0 Å². The second-order valence-electron chi connectivity index (χ2n) is 4.50. The molecule has 1 nitrogen and oxygen atoms in total.